The van der Waals surface area contributed by atoms with Crippen LogP contribution in [-0.4, -0.2) is 47.6 Å². The van der Waals surface area contributed by atoms with Crippen molar-refractivity contribution in [3.63, 3.8) is 0 Å². The van der Waals surface area contributed by atoms with Crippen LogP contribution in [0.25, 0.3) is 0 Å². The first-order chi connectivity index (χ1) is 7.16. The molecular weight excluding hydrogens is 196 g/mol. The van der Waals surface area contributed by atoms with E-state index in [9.17, 15) is 9.59 Å². The summed E-state index contributed by atoms with van der Waals surface area (Å²) >= 11 is 0. The highest BCUT2D eigenvalue weighted by Crippen LogP contribution is 2.19. The Morgan fingerprint density at radius 3 is 2.60 bits per heavy atom. The first-order valence-electron chi connectivity index (χ1n) is 5.41. The van der Waals surface area contributed by atoms with Crippen molar-refractivity contribution in [2.45, 2.75) is 25.3 Å². The summed E-state index contributed by atoms with van der Waals surface area (Å²) in [5, 5.41) is 11.9. The van der Waals surface area contributed by atoms with Crippen molar-refractivity contribution in [3.8, 4) is 0 Å². The minimum absolute atomic E-state index is 0.0330. The molecule has 1 aliphatic heterocycles. The van der Waals surface area contributed by atoms with E-state index >= 15 is 0 Å². The normalized spacial score (nSPS) is 25.6. The van der Waals surface area contributed by atoms with Crippen molar-refractivity contribution in [2.24, 2.45) is 5.92 Å². The van der Waals surface area contributed by atoms with Crippen molar-refractivity contribution in [3.05, 3.63) is 0 Å². The van der Waals surface area contributed by atoms with Gasteiger partial charge in [0.1, 0.15) is 0 Å². The van der Waals surface area contributed by atoms with E-state index in [0.29, 0.717) is 32.1 Å². The fourth-order valence-corrected chi connectivity index (χ4v) is 1.82. The second kappa shape index (κ2) is 4.18. The highest BCUT2D eigenvalue weighted by Gasteiger charge is 2.31. The maximum atomic E-state index is 11.6. The van der Waals surface area contributed by atoms with Crippen molar-refractivity contribution in [1.82, 2.24) is 10.2 Å². The van der Waals surface area contributed by atoms with E-state index < -0.39 is 5.97 Å². The molecule has 1 unspecified atom stereocenters. The van der Waals surface area contributed by atoms with Gasteiger partial charge in [-0.15, -0.1) is 0 Å². The van der Waals surface area contributed by atoms with E-state index in [1.54, 1.807) is 4.90 Å². The van der Waals surface area contributed by atoms with Crippen LogP contribution in [0.1, 0.15) is 19.3 Å². The van der Waals surface area contributed by atoms with Crippen LogP contribution in [0.5, 0.6) is 0 Å². The van der Waals surface area contributed by atoms with Crippen molar-refractivity contribution in [2.75, 3.05) is 19.6 Å². The molecule has 15 heavy (non-hydrogen) atoms. The standard InChI is InChI=1S/C10H16N2O3/c13-9(5-11-8-1-2-8)12-4-3-7(6-12)10(14)15/h7-8,11H,1-6H2,(H,14,15). The summed E-state index contributed by atoms with van der Waals surface area (Å²) in [6, 6.07) is 0.520. The molecule has 0 aromatic rings. The number of aliphatic carboxylic acids is 1. The Morgan fingerprint density at radius 1 is 1.33 bits per heavy atom. The first-order valence-corrected chi connectivity index (χ1v) is 5.41. The van der Waals surface area contributed by atoms with Crippen molar-refractivity contribution in [1.29, 1.82) is 0 Å². The monoisotopic (exact) mass is 212 g/mol. The predicted octanol–water partition coefficient (Wildman–Crippen LogP) is -0.329. The fourth-order valence-electron chi connectivity index (χ4n) is 1.82. The zero-order chi connectivity index (χ0) is 10.8. The highest BCUT2D eigenvalue weighted by atomic mass is 16.4. The second-order valence-electron chi connectivity index (χ2n) is 4.32. The van der Waals surface area contributed by atoms with Crippen LogP contribution in [0.3, 0.4) is 0 Å². The summed E-state index contributed by atoms with van der Waals surface area (Å²) in [5.41, 5.74) is 0. The third-order valence-corrected chi connectivity index (χ3v) is 3.01. The number of rotatable bonds is 4. The molecule has 2 N–H and O–H groups in total. The molecule has 84 valence electrons. The van der Waals surface area contributed by atoms with E-state index in [4.69, 9.17) is 5.11 Å². The third kappa shape index (κ3) is 2.68. The Kier molecular flexibility index (Phi) is 2.90. The quantitative estimate of drug-likeness (QED) is 0.669. The van der Waals surface area contributed by atoms with Crippen LogP contribution in [0.15, 0.2) is 0 Å². The van der Waals surface area contributed by atoms with E-state index in [1.165, 1.54) is 0 Å². The van der Waals surface area contributed by atoms with Crippen LogP contribution in [0.2, 0.25) is 0 Å². The number of nitrogens with one attached hydrogen (secondary N) is 1. The van der Waals surface area contributed by atoms with E-state index in [0.717, 1.165) is 12.8 Å². The minimum atomic E-state index is -0.791. The van der Waals surface area contributed by atoms with E-state index in [2.05, 4.69) is 5.32 Å². The molecule has 0 aromatic carbocycles. The fraction of sp³-hybridized carbons (Fsp3) is 0.800. The molecule has 0 aromatic heterocycles. The van der Waals surface area contributed by atoms with Gasteiger partial charge in [0.15, 0.2) is 0 Å². The van der Waals surface area contributed by atoms with Gasteiger partial charge in [0.25, 0.3) is 0 Å². The topological polar surface area (TPSA) is 69.6 Å². The molecular formula is C10H16N2O3. The molecule has 1 aliphatic carbocycles. The Balaban J connectivity index is 1.73. The highest BCUT2D eigenvalue weighted by molar-refractivity contribution is 5.80. The molecule has 2 aliphatic rings. The van der Waals surface area contributed by atoms with Gasteiger partial charge in [0, 0.05) is 19.1 Å². The van der Waals surface area contributed by atoms with Gasteiger partial charge in [-0.2, -0.15) is 0 Å². The van der Waals surface area contributed by atoms with Crippen molar-refractivity contribution >= 4 is 11.9 Å². The number of hydrogen-bond acceptors (Lipinski definition) is 3. The van der Waals surface area contributed by atoms with Gasteiger partial charge >= 0.3 is 5.97 Å². The lowest BCUT2D eigenvalue weighted by molar-refractivity contribution is -0.141. The maximum Gasteiger partial charge on any atom is 0.308 e. The zero-order valence-corrected chi connectivity index (χ0v) is 8.61. The summed E-state index contributed by atoms with van der Waals surface area (Å²) in [7, 11) is 0. The average Bonchev–Trinajstić information content (AvgIpc) is 2.88. The lowest BCUT2D eigenvalue weighted by Gasteiger charge is -2.15. The molecule has 1 atom stereocenters. The lowest BCUT2D eigenvalue weighted by atomic mass is 10.1. The number of hydrogen-bond donors (Lipinski definition) is 2. The number of carbonyl (C=O) groups is 2. The zero-order valence-electron chi connectivity index (χ0n) is 8.61. The van der Waals surface area contributed by atoms with Gasteiger partial charge in [-0.1, -0.05) is 0 Å². The van der Waals surface area contributed by atoms with Gasteiger partial charge in [-0.25, -0.2) is 0 Å². The Morgan fingerprint density at radius 2 is 2.07 bits per heavy atom. The molecule has 0 spiro atoms. The van der Waals surface area contributed by atoms with Crippen LogP contribution in [0.4, 0.5) is 0 Å². The molecule has 0 bridgehead atoms. The first kappa shape index (κ1) is 10.4. The van der Waals surface area contributed by atoms with Gasteiger partial charge in [-0.3, -0.25) is 9.59 Å². The Labute approximate surface area is 88.4 Å². The van der Waals surface area contributed by atoms with E-state index in [-0.39, 0.29) is 11.8 Å². The number of likely N-dealkylation sites (tertiary alicyclic amines) is 1. The predicted molar refractivity (Wildman–Crippen MR) is 53.3 cm³/mol. The van der Waals surface area contributed by atoms with E-state index in [1.807, 2.05) is 0 Å². The molecule has 0 radical (unpaired) electrons. The number of nitrogens with zero attached hydrogens (tertiary/aromatic N) is 1. The van der Waals surface area contributed by atoms with Gasteiger partial charge in [0.2, 0.25) is 5.91 Å². The third-order valence-electron chi connectivity index (χ3n) is 3.01. The molecule has 1 heterocycles. The largest absolute Gasteiger partial charge is 0.481 e. The summed E-state index contributed by atoms with van der Waals surface area (Å²) in [4.78, 5) is 24.0. The summed E-state index contributed by atoms with van der Waals surface area (Å²) in [6.45, 7) is 1.32. The van der Waals surface area contributed by atoms with Crippen LogP contribution < -0.4 is 5.32 Å². The number of carboxylic acid groups (broad SMARTS) is 1. The molecule has 1 saturated heterocycles. The minimum Gasteiger partial charge on any atom is -0.481 e. The van der Waals surface area contributed by atoms with Gasteiger partial charge in [0.05, 0.1) is 12.5 Å². The number of carboxylic acids is 1. The number of amides is 1. The molecule has 1 saturated carbocycles. The summed E-state index contributed by atoms with van der Waals surface area (Å²) < 4.78 is 0. The second-order valence-corrected chi connectivity index (χ2v) is 4.32. The number of carbonyl (C=O) groups excluding carboxylic acids is 1. The average molecular weight is 212 g/mol. The Hall–Kier alpha value is -1.10. The Bertz CT molecular complexity index is 276. The maximum absolute atomic E-state index is 11.6. The molecule has 2 rings (SSSR count). The SMILES string of the molecule is O=C(O)C1CCN(C(=O)CNC2CC2)C1. The molecule has 2 fully saturated rings. The lowest BCUT2D eigenvalue weighted by Crippen LogP contribution is -2.37. The smallest absolute Gasteiger partial charge is 0.308 e. The summed E-state index contributed by atoms with van der Waals surface area (Å²) in [6.07, 6.45) is 2.90. The van der Waals surface area contributed by atoms with Crippen LogP contribution in [0, 0.1) is 5.92 Å². The van der Waals surface area contributed by atoms with Gasteiger partial charge in [-0.05, 0) is 19.3 Å². The molecule has 5 nitrogen and oxygen atoms in total. The molecule has 1 amide bonds. The van der Waals surface area contributed by atoms with Gasteiger partial charge < -0.3 is 15.3 Å². The van der Waals surface area contributed by atoms with Crippen LogP contribution in [-0.2, 0) is 9.59 Å². The summed E-state index contributed by atoms with van der Waals surface area (Å²) in [5.74, 6) is -1.12. The van der Waals surface area contributed by atoms with Crippen molar-refractivity contribution < 1.29 is 14.7 Å². The molecule has 5 heteroatoms. The van der Waals surface area contributed by atoms with Crippen LogP contribution >= 0.6 is 0 Å².